The zero-order chi connectivity index (χ0) is 20.8. The van der Waals surface area contributed by atoms with E-state index >= 15 is 0 Å². The topological polar surface area (TPSA) is 99.9 Å². The molecular formula is C21H25ClNO6+. The summed E-state index contributed by atoms with van der Waals surface area (Å²) in [6, 6.07) is 12.8. The average molecular weight is 423 g/mol. The summed E-state index contributed by atoms with van der Waals surface area (Å²) in [7, 11) is 0. The summed E-state index contributed by atoms with van der Waals surface area (Å²) in [6.07, 6.45) is -0.672. The summed E-state index contributed by atoms with van der Waals surface area (Å²) in [6.45, 7) is 2.76. The second kappa shape index (κ2) is 9.82. The second-order valence-corrected chi connectivity index (χ2v) is 7.40. The highest BCUT2D eigenvalue weighted by Gasteiger charge is 2.27. The van der Waals surface area contributed by atoms with E-state index in [2.05, 4.69) is 5.32 Å². The highest BCUT2D eigenvalue weighted by molar-refractivity contribution is 6.32. The summed E-state index contributed by atoms with van der Waals surface area (Å²) in [4.78, 5) is 11.0. The molecule has 8 heteroatoms. The minimum Gasteiger partial charge on any atom is -0.485 e. The molecule has 1 aliphatic heterocycles. The summed E-state index contributed by atoms with van der Waals surface area (Å²) in [5.74, 6) is 0.538. The van der Waals surface area contributed by atoms with Gasteiger partial charge in [0.2, 0.25) is 12.2 Å². The van der Waals surface area contributed by atoms with Crippen LogP contribution in [-0.2, 0) is 11.2 Å². The van der Waals surface area contributed by atoms with Gasteiger partial charge < -0.3 is 29.7 Å². The zero-order valence-corrected chi connectivity index (χ0v) is 16.8. The molecule has 0 bridgehead atoms. The highest BCUT2D eigenvalue weighted by atomic mass is 35.5. The van der Waals surface area contributed by atoms with Crippen LogP contribution in [0, 0.1) is 0 Å². The maximum atomic E-state index is 11.0. The van der Waals surface area contributed by atoms with Crippen molar-refractivity contribution >= 4 is 17.6 Å². The number of carboxylic acid groups (broad SMARTS) is 1. The standard InChI is InChI=1S/C21H24ClNO6/c1-13(23-10-15(24)11-27-17-5-3-2-4-16(17)22)8-14-6-7-18-19(9-14)28-12-20(29-18)21(25)26/h2-7,9,13,15,20,23-24H,8,10-12H2,1H3,(H,25,26)/p+1/t13-,15+,20-/m1/s1. The van der Waals surface area contributed by atoms with Gasteiger partial charge in [0.05, 0.1) is 11.6 Å². The minimum atomic E-state index is -1.04. The van der Waals surface area contributed by atoms with Crippen molar-refractivity contribution in [1.82, 2.24) is 5.32 Å². The number of hydrogen-bond acceptors (Lipinski definition) is 5. The Kier molecular flexibility index (Phi) is 7.19. The number of nitrogens with one attached hydrogen (secondary N) is 1. The lowest BCUT2D eigenvalue weighted by Gasteiger charge is -2.24. The molecule has 1 heterocycles. The Labute approximate surface area is 174 Å². The molecule has 3 atom stereocenters. The molecule has 4 N–H and O–H groups in total. The van der Waals surface area contributed by atoms with Gasteiger partial charge in [-0.05, 0) is 43.2 Å². The molecular weight excluding hydrogens is 398 g/mol. The van der Waals surface area contributed by atoms with Crippen molar-refractivity contribution < 1.29 is 29.2 Å². The van der Waals surface area contributed by atoms with E-state index in [1.807, 2.05) is 31.2 Å². The van der Waals surface area contributed by atoms with E-state index in [-0.39, 0.29) is 19.3 Å². The molecule has 2 aromatic carbocycles. The second-order valence-electron chi connectivity index (χ2n) is 6.99. The van der Waals surface area contributed by atoms with Gasteiger partial charge in [-0.25, -0.2) is 4.79 Å². The van der Waals surface area contributed by atoms with Crippen LogP contribution in [0.25, 0.3) is 0 Å². The zero-order valence-electron chi connectivity index (χ0n) is 16.1. The normalized spacial score (nSPS) is 17.4. The van der Waals surface area contributed by atoms with Crippen LogP contribution in [-0.4, -0.2) is 54.2 Å². The van der Waals surface area contributed by atoms with E-state index in [4.69, 9.17) is 36.0 Å². The van der Waals surface area contributed by atoms with Crippen LogP contribution >= 0.6 is 11.6 Å². The molecule has 0 spiro atoms. The molecule has 0 fully saturated rings. The Morgan fingerprint density at radius 2 is 2.14 bits per heavy atom. The van der Waals surface area contributed by atoms with Crippen LogP contribution in [0.2, 0.25) is 5.02 Å². The first-order chi connectivity index (χ1) is 13.9. The largest absolute Gasteiger partial charge is 0.485 e. The van der Waals surface area contributed by atoms with Gasteiger partial charge in [-0.3, -0.25) is 0 Å². The van der Waals surface area contributed by atoms with Crippen LogP contribution < -0.4 is 19.5 Å². The van der Waals surface area contributed by atoms with Gasteiger partial charge in [-0.2, -0.15) is 0 Å². The lowest BCUT2D eigenvalue weighted by Crippen LogP contribution is -2.37. The lowest BCUT2D eigenvalue weighted by molar-refractivity contribution is -0.147. The van der Waals surface area contributed by atoms with Gasteiger partial charge in [0.1, 0.15) is 12.4 Å². The fourth-order valence-electron chi connectivity index (χ4n) is 2.94. The van der Waals surface area contributed by atoms with Gasteiger partial charge in [-0.1, -0.05) is 29.8 Å². The van der Waals surface area contributed by atoms with Gasteiger partial charge in [0.25, 0.3) is 0 Å². The molecule has 0 saturated heterocycles. The third-order valence-electron chi connectivity index (χ3n) is 4.47. The van der Waals surface area contributed by atoms with Crippen molar-refractivity contribution in [3.63, 3.8) is 0 Å². The number of ether oxygens (including phenoxy) is 3. The lowest BCUT2D eigenvalue weighted by atomic mass is 10.1. The first-order valence-electron chi connectivity index (χ1n) is 9.39. The fourth-order valence-corrected chi connectivity index (χ4v) is 3.13. The number of carboxylic acids is 1. The number of carbonyl (C=O) groups is 1. The van der Waals surface area contributed by atoms with E-state index in [9.17, 15) is 4.79 Å². The SMILES string of the molecule is C[C@H](Cc1ccc2c(c1)OC[C@H](C(=O)O)O2)NC[C@H]([OH2+])COc1ccccc1Cl. The predicted octanol–water partition coefficient (Wildman–Crippen LogP) is 2.26. The van der Waals surface area contributed by atoms with Gasteiger partial charge in [0.15, 0.2) is 18.1 Å². The average Bonchev–Trinajstić information content (AvgIpc) is 2.71. The molecule has 0 aromatic heterocycles. The molecule has 2 aromatic rings. The number of aliphatic carboxylic acids is 1. The van der Waals surface area contributed by atoms with Crippen molar-refractivity contribution in [2.75, 3.05) is 19.8 Å². The molecule has 29 heavy (non-hydrogen) atoms. The Balaban J connectivity index is 1.44. The molecule has 0 unspecified atom stereocenters. The van der Waals surface area contributed by atoms with E-state index in [0.717, 1.165) is 12.0 Å². The molecule has 7 nitrogen and oxygen atoms in total. The van der Waals surface area contributed by atoms with E-state index < -0.39 is 18.2 Å². The molecule has 3 rings (SSSR count). The summed E-state index contributed by atoms with van der Waals surface area (Å²) in [5.41, 5.74) is 1.04. The Bertz CT molecular complexity index is 846. The minimum absolute atomic E-state index is 0.00839. The van der Waals surface area contributed by atoms with Crippen LogP contribution in [0.5, 0.6) is 17.2 Å². The Hall–Kier alpha value is -2.48. The predicted molar refractivity (Wildman–Crippen MR) is 110 cm³/mol. The summed E-state index contributed by atoms with van der Waals surface area (Å²) >= 11 is 6.05. The molecule has 0 amide bonds. The van der Waals surface area contributed by atoms with Crippen molar-refractivity contribution in [2.24, 2.45) is 0 Å². The Morgan fingerprint density at radius 1 is 1.34 bits per heavy atom. The molecule has 1 aliphatic rings. The third kappa shape index (κ3) is 6.00. The number of para-hydroxylation sites is 1. The fraction of sp³-hybridized carbons (Fsp3) is 0.381. The van der Waals surface area contributed by atoms with Crippen molar-refractivity contribution in [3.8, 4) is 17.2 Å². The smallest absolute Gasteiger partial charge is 0.348 e. The number of hydrogen-bond donors (Lipinski definition) is 2. The molecule has 156 valence electrons. The number of halogens is 1. The number of benzene rings is 2. The summed E-state index contributed by atoms with van der Waals surface area (Å²) < 4.78 is 16.5. The third-order valence-corrected chi connectivity index (χ3v) is 4.79. The number of rotatable bonds is 9. The van der Waals surface area contributed by atoms with Gasteiger partial charge >= 0.3 is 5.97 Å². The van der Waals surface area contributed by atoms with Crippen LogP contribution in [0.15, 0.2) is 42.5 Å². The molecule has 0 saturated carbocycles. The first kappa shape index (κ1) is 21.2. The quantitative estimate of drug-likeness (QED) is 0.601. The number of fused-ring (bicyclic) bond motifs is 1. The van der Waals surface area contributed by atoms with Gasteiger partial charge in [0, 0.05) is 6.04 Å². The Morgan fingerprint density at radius 3 is 2.90 bits per heavy atom. The van der Waals surface area contributed by atoms with Crippen LogP contribution in [0.3, 0.4) is 0 Å². The molecule has 0 radical (unpaired) electrons. The molecule has 0 aliphatic carbocycles. The van der Waals surface area contributed by atoms with Crippen LogP contribution in [0.4, 0.5) is 0 Å². The first-order valence-corrected chi connectivity index (χ1v) is 9.77. The van der Waals surface area contributed by atoms with Crippen molar-refractivity contribution in [2.45, 2.75) is 31.6 Å². The van der Waals surface area contributed by atoms with E-state index in [1.54, 1.807) is 18.2 Å². The maximum Gasteiger partial charge on any atom is 0.348 e. The highest BCUT2D eigenvalue weighted by Crippen LogP contribution is 2.33. The van der Waals surface area contributed by atoms with E-state index in [1.165, 1.54) is 0 Å². The van der Waals surface area contributed by atoms with Crippen LogP contribution in [0.1, 0.15) is 12.5 Å². The monoisotopic (exact) mass is 422 g/mol. The van der Waals surface area contributed by atoms with E-state index in [0.29, 0.717) is 28.8 Å². The van der Waals surface area contributed by atoms with Gasteiger partial charge in [-0.15, -0.1) is 0 Å². The summed E-state index contributed by atoms with van der Waals surface area (Å²) in [5, 5.41) is 21.0. The van der Waals surface area contributed by atoms with Crippen molar-refractivity contribution in [3.05, 3.63) is 53.1 Å². The van der Waals surface area contributed by atoms with Crippen molar-refractivity contribution in [1.29, 1.82) is 0 Å². The maximum absolute atomic E-state index is 11.0.